The third-order valence-corrected chi connectivity index (χ3v) is 4.81. The number of para-hydroxylation sites is 2. The first-order valence-electron chi connectivity index (χ1n) is 7.06. The van der Waals surface area contributed by atoms with E-state index in [0.29, 0.717) is 5.69 Å². The van der Waals surface area contributed by atoms with Gasteiger partial charge in [-0.3, -0.25) is 9.59 Å². The van der Waals surface area contributed by atoms with E-state index >= 15 is 0 Å². The molecular formula is C16H11IN4O2. The number of fused-ring (bicyclic) bond motifs is 1. The molecule has 2 aliphatic heterocycles. The SMILES string of the molecule is O=C1[C@@H]2[C@@H](N=NN2c2ccccc2)C(=O)N1c1ccccc1I. The van der Waals surface area contributed by atoms with E-state index in [9.17, 15) is 9.59 Å². The van der Waals surface area contributed by atoms with Crippen molar-refractivity contribution < 1.29 is 9.59 Å². The average molecular weight is 418 g/mol. The number of amides is 2. The lowest BCUT2D eigenvalue weighted by Crippen LogP contribution is -2.40. The number of hydrogen-bond acceptors (Lipinski definition) is 5. The quantitative estimate of drug-likeness (QED) is 0.557. The Labute approximate surface area is 145 Å². The molecule has 2 aromatic carbocycles. The van der Waals surface area contributed by atoms with Gasteiger partial charge in [-0.15, -0.1) is 0 Å². The monoisotopic (exact) mass is 418 g/mol. The topological polar surface area (TPSA) is 65.3 Å². The summed E-state index contributed by atoms with van der Waals surface area (Å²) in [6, 6.07) is 15.1. The lowest BCUT2D eigenvalue weighted by molar-refractivity contribution is -0.121. The number of imide groups is 1. The van der Waals surface area contributed by atoms with E-state index in [0.717, 1.165) is 9.26 Å². The first kappa shape index (κ1) is 14.3. The Bertz CT molecular complexity index is 824. The van der Waals surface area contributed by atoms with Gasteiger partial charge in [0.15, 0.2) is 12.1 Å². The van der Waals surface area contributed by atoms with Crippen molar-refractivity contribution in [3.05, 3.63) is 58.2 Å². The zero-order valence-electron chi connectivity index (χ0n) is 11.8. The molecule has 7 heteroatoms. The Balaban J connectivity index is 1.74. The van der Waals surface area contributed by atoms with Crippen LogP contribution in [-0.4, -0.2) is 23.9 Å². The number of carbonyl (C=O) groups is 2. The van der Waals surface area contributed by atoms with E-state index < -0.39 is 12.1 Å². The van der Waals surface area contributed by atoms with Gasteiger partial charge >= 0.3 is 0 Å². The molecule has 0 bridgehead atoms. The highest BCUT2D eigenvalue weighted by atomic mass is 127. The summed E-state index contributed by atoms with van der Waals surface area (Å²) in [4.78, 5) is 26.7. The molecule has 23 heavy (non-hydrogen) atoms. The Kier molecular flexibility index (Phi) is 3.37. The lowest BCUT2D eigenvalue weighted by Gasteiger charge is -2.21. The maximum absolute atomic E-state index is 12.9. The van der Waals surface area contributed by atoms with Crippen LogP contribution in [-0.2, 0) is 9.59 Å². The van der Waals surface area contributed by atoms with Crippen LogP contribution in [0.5, 0.6) is 0 Å². The van der Waals surface area contributed by atoms with Crippen molar-refractivity contribution in [3.8, 4) is 0 Å². The lowest BCUT2D eigenvalue weighted by atomic mass is 10.1. The van der Waals surface area contributed by atoms with Crippen LogP contribution >= 0.6 is 22.6 Å². The molecule has 2 atom stereocenters. The maximum atomic E-state index is 12.9. The molecule has 0 unspecified atom stereocenters. The van der Waals surface area contributed by atoms with Crippen molar-refractivity contribution in [3.63, 3.8) is 0 Å². The number of benzene rings is 2. The molecule has 2 aromatic rings. The standard InChI is InChI=1S/C16H11IN4O2/c17-11-8-4-5-9-12(11)20-15(22)13-14(16(20)23)21(19-18-13)10-6-2-1-3-7-10/h1-9,13-14H/t13-,14+/m1/s1. The van der Waals surface area contributed by atoms with Gasteiger partial charge in [-0.1, -0.05) is 35.6 Å². The van der Waals surface area contributed by atoms with Crippen LogP contribution in [0, 0.1) is 3.57 Å². The summed E-state index contributed by atoms with van der Waals surface area (Å²) >= 11 is 2.12. The number of nitrogens with zero attached hydrogens (tertiary/aromatic N) is 4. The number of hydrogen-bond donors (Lipinski definition) is 0. The fraction of sp³-hybridized carbons (Fsp3) is 0.125. The second-order valence-corrected chi connectivity index (χ2v) is 6.40. The highest BCUT2D eigenvalue weighted by molar-refractivity contribution is 14.1. The van der Waals surface area contributed by atoms with Crippen molar-refractivity contribution in [1.29, 1.82) is 0 Å². The van der Waals surface area contributed by atoms with Crippen molar-refractivity contribution >= 4 is 45.8 Å². The van der Waals surface area contributed by atoms with Gasteiger partial charge in [-0.05, 0) is 46.9 Å². The minimum atomic E-state index is -0.779. The van der Waals surface area contributed by atoms with Gasteiger partial charge in [0.1, 0.15) is 0 Å². The molecule has 6 nitrogen and oxygen atoms in total. The average Bonchev–Trinajstić information content (AvgIpc) is 3.11. The molecule has 0 N–H and O–H groups in total. The maximum Gasteiger partial charge on any atom is 0.263 e. The van der Waals surface area contributed by atoms with Gasteiger partial charge in [0.2, 0.25) is 0 Å². The fourth-order valence-corrected chi connectivity index (χ4v) is 3.45. The van der Waals surface area contributed by atoms with E-state index in [4.69, 9.17) is 0 Å². The number of anilines is 2. The molecule has 0 spiro atoms. The Hall–Kier alpha value is -2.29. The summed E-state index contributed by atoms with van der Waals surface area (Å²) in [5.41, 5.74) is 1.34. The van der Waals surface area contributed by atoms with Crippen LogP contribution in [0.1, 0.15) is 0 Å². The molecule has 2 amide bonds. The number of halogens is 1. The van der Waals surface area contributed by atoms with Crippen molar-refractivity contribution in [2.45, 2.75) is 12.1 Å². The number of carbonyl (C=O) groups excluding carboxylic acids is 2. The third-order valence-electron chi connectivity index (χ3n) is 3.90. The van der Waals surface area contributed by atoms with Crippen LogP contribution in [0.25, 0.3) is 0 Å². The van der Waals surface area contributed by atoms with Gasteiger partial charge in [-0.25, -0.2) is 9.91 Å². The van der Waals surface area contributed by atoms with Crippen LogP contribution in [0.3, 0.4) is 0 Å². The summed E-state index contributed by atoms with van der Waals surface area (Å²) in [5, 5.41) is 9.59. The second-order valence-electron chi connectivity index (χ2n) is 5.24. The predicted octanol–water partition coefficient (Wildman–Crippen LogP) is 2.79. The Morgan fingerprint density at radius 2 is 1.61 bits per heavy atom. The fourth-order valence-electron chi connectivity index (χ4n) is 2.82. The Morgan fingerprint density at radius 1 is 0.913 bits per heavy atom. The third kappa shape index (κ3) is 2.14. The second kappa shape index (κ2) is 5.41. The van der Waals surface area contributed by atoms with Gasteiger partial charge in [0.05, 0.1) is 11.4 Å². The first-order chi connectivity index (χ1) is 11.2. The van der Waals surface area contributed by atoms with Gasteiger partial charge < -0.3 is 0 Å². The molecule has 114 valence electrons. The van der Waals surface area contributed by atoms with E-state index in [1.807, 2.05) is 48.5 Å². The normalized spacial score (nSPS) is 22.8. The molecule has 1 saturated heterocycles. The molecule has 4 rings (SSSR count). The molecular weight excluding hydrogens is 407 g/mol. The zero-order chi connectivity index (χ0) is 16.0. The van der Waals surface area contributed by atoms with Crippen LogP contribution in [0.15, 0.2) is 64.9 Å². The number of rotatable bonds is 2. The van der Waals surface area contributed by atoms with Crippen molar-refractivity contribution in [2.75, 3.05) is 9.91 Å². The van der Waals surface area contributed by atoms with Crippen molar-refractivity contribution in [2.24, 2.45) is 10.3 Å². The molecule has 0 aliphatic carbocycles. The summed E-state index contributed by atoms with van der Waals surface area (Å²) in [7, 11) is 0. The van der Waals surface area contributed by atoms with Crippen LogP contribution in [0.4, 0.5) is 11.4 Å². The summed E-state index contributed by atoms with van der Waals surface area (Å²) in [6.07, 6.45) is 0. The van der Waals surface area contributed by atoms with Crippen molar-refractivity contribution in [1.82, 2.24) is 0 Å². The van der Waals surface area contributed by atoms with E-state index in [1.165, 1.54) is 9.91 Å². The zero-order valence-corrected chi connectivity index (χ0v) is 14.0. The minimum absolute atomic E-state index is 0.294. The highest BCUT2D eigenvalue weighted by Crippen LogP contribution is 2.36. The van der Waals surface area contributed by atoms with E-state index in [2.05, 4.69) is 32.9 Å². The predicted molar refractivity (Wildman–Crippen MR) is 93.0 cm³/mol. The molecule has 0 radical (unpaired) electrons. The molecule has 2 heterocycles. The van der Waals surface area contributed by atoms with Crippen LogP contribution < -0.4 is 9.91 Å². The van der Waals surface area contributed by atoms with Gasteiger partial charge in [0, 0.05) is 3.57 Å². The summed E-state index contributed by atoms with van der Waals surface area (Å²) in [6.45, 7) is 0. The molecule has 1 fully saturated rings. The van der Waals surface area contributed by atoms with Gasteiger partial charge in [-0.2, -0.15) is 5.11 Å². The van der Waals surface area contributed by atoms with Crippen LogP contribution in [0.2, 0.25) is 0 Å². The highest BCUT2D eigenvalue weighted by Gasteiger charge is 2.55. The molecule has 0 aromatic heterocycles. The van der Waals surface area contributed by atoms with E-state index in [1.54, 1.807) is 6.07 Å². The largest absolute Gasteiger partial charge is 0.271 e. The molecule has 0 saturated carbocycles. The minimum Gasteiger partial charge on any atom is -0.271 e. The Morgan fingerprint density at radius 3 is 2.35 bits per heavy atom. The smallest absolute Gasteiger partial charge is 0.263 e. The van der Waals surface area contributed by atoms with Gasteiger partial charge in [0.25, 0.3) is 11.8 Å². The summed E-state index contributed by atoms with van der Waals surface area (Å²) in [5.74, 6) is -0.621. The first-order valence-corrected chi connectivity index (χ1v) is 8.14. The molecule has 2 aliphatic rings. The summed E-state index contributed by atoms with van der Waals surface area (Å²) < 4.78 is 0.843. The van der Waals surface area contributed by atoms with E-state index in [-0.39, 0.29) is 11.8 Å².